The summed E-state index contributed by atoms with van der Waals surface area (Å²) < 4.78 is 111. The van der Waals surface area contributed by atoms with E-state index < -0.39 is 88.5 Å². The van der Waals surface area contributed by atoms with Gasteiger partial charge in [0.05, 0.1) is 18.3 Å². The Labute approximate surface area is 203 Å². The van der Waals surface area contributed by atoms with Crippen molar-refractivity contribution in [2.75, 3.05) is 6.26 Å². The Morgan fingerprint density at radius 2 is 1.81 bits per heavy atom. The van der Waals surface area contributed by atoms with E-state index in [0.717, 1.165) is 12.1 Å². The van der Waals surface area contributed by atoms with Gasteiger partial charge in [-0.2, -0.15) is 13.2 Å². The SMILES string of the molecule is CS(=O)(=O)N[C@@H]1[C@H](Cc2cc(F)cc(-c3ccccc3)c2F)N(C(=O)[C@H](O)C(F)(F)F)C2CC1(F)C2. The fourth-order valence-corrected chi connectivity index (χ4v) is 5.88. The van der Waals surface area contributed by atoms with Gasteiger partial charge in [-0.3, -0.25) is 4.79 Å². The normalized spacial score (nSPS) is 26.9. The Hall–Kier alpha value is -2.64. The van der Waals surface area contributed by atoms with Crippen LogP contribution in [0.5, 0.6) is 0 Å². The summed E-state index contributed by atoms with van der Waals surface area (Å²) in [6.07, 6.45) is -9.77. The maximum absolute atomic E-state index is 15.6. The number of hydrogen-bond donors (Lipinski definition) is 2. The monoisotopic (exact) mass is 536 g/mol. The highest BCUT2D eigenvalue weighted by Crippen LogP contribution is 2.50. The number of nitrogens with one attached hydrogen (secondary N) is 1. The van der Waals surface area contributed by atoms with Gasteiger partial charge in [0.15, 0.2) is 0 Å². The first kappa shape index (κ1) is 26.4. The lowest BCUT2D eigenvalue weighted by Crippen LogP contribution is -2.78. The van der Waals surface area contributed by atoms with Crippen molar-refractivity contribution >= 4 is 15.9 Å². The van der Waals surface area contributed by atoms with Crippen molar-refractivity contribution in [2.24, 2.45) is 0 Å². The van der Waals surface area contributed by atoms with Crippen LogP contribution in [0.3, 0.4) is 0 Å². The molecule has 0 aromatic heterocycles. The van der Waals surface area contributed by atoms with Crippen molar-refractivity contribution < 1.29 is 44.7 Å². The van der Waals surface area contributed by atoms with E-state index in [-0.39, 0.29) is 11.1 Å². The number of benzene rings is 2. The average Bonchev–Trinajstić information content (AvgIpc) is 2.75. The number of piperidine rings is 2. The second-order valence-corrected chi connectivity index (χ2v) is 11.0. The third-order valence-corrected chi connectivity index (χ3v) is 7.29. The van der Waals surface area contributed by atoms with Gasteiger partial charge < -0.3 is 10.0 Å². The zero-order chi connectivity index (χ0) is 26.6. The van der Waals surface area contributed by atoms with Gasteiger partial charge in [0.1, 0.15) is 17.3 Å². The van der Waals surface area contributed by atoms with Gasteiger partial charge in [0.25, 0.3) is 5.91 Å². The van der Waals surface area contributed by atoms with Gasteiger partial charge in [0, 0.05) is 24.4 Å². The standard InChI is InChI=1S/C23H22F6N2O4S/c1-36(34,35)30-19-17(31(15-10-22(19,26)11-15)21(33)20(32)23(27,28)29)8-13-7-14(24)9-16(18(13)25)12-5-3-2-4-6-12/h2-7,9,15,17,19-20,30,32H,8,10-11H2,1H3/t15?,17-,19+,20-,22?/m0/s1. The first-order chi connectivity index (χ1) is 16.6. The van der Waals surface area contributed by atoms with E-state index in [1.807, 2.05) is 4.72 Å². The number of carbonyl (C=O) groups excluding carboxylic acids is 1. The van der Waals surface area contributed by atoms with Gasteiger partial charge in [0.2, 0.25) is 16.1 Å². The topological polar surface area (TPSA) is 86.7 Å². The van der Waals surface area contributed by atoms with Crippen LogP contribution in [-0.4, -0.2) is 66.7 Å². The first-order valence-corrected chi connectivity index (χ1v) is 12.8. The number of fused-ring (bicyclic) bond motifs is 2. The van der Waals surface area contributed by atoms with Crippen LogP contribution in [0.25, 0.3) is 11.1 Å². The molecule has 1 saturated carbocycles. The summed E-state index contributed by atoms with van der Waals surface area (Å²) in [7, 11) is -4.14. The van der Waals surface area contributed by atoms with Crippen molar-refractivity contribution in [1.29, 1.82) is 0 Å². The van der Waals surface area contributed by atoms with E-state index in [0.29, 0.717) is 11.2 Å². The minimum Gasteiger partial charge on any atom is -0.376 e. The molecule has 2 aromatic rings. The molecule has 5 rings (SSSR count). The summed E-state index contributed by atoms with van der Waals surface area (Å²) in [4.78, 5) is 13.3. The molecule has 0 unspecified atom stereocenters. The molecule has 3 fully saturated rings. The summed E-state index contributed by atoms with van der Waals surface area (Å²) in [5, 5.41) is 9.62. The first-order valence-electron chi connectivity index (χ1n) is 10.9. The lowest BCUT2D eigenvalue weighted by molar-refractivity contribution is -0.222. The summed E-state index contributed by atoms with van der Waals surface area (Å²) in [5.74, 6) is -3.68. The quantitative estimate of drug-likeness (QED) is 0.556. The smallest absolute Gasteiger partial charge is 0.376 e. The molecule has 36 heavy (non-hydrogen) atoms. The number of alkyl halides is 4. The molecule has 2 saturated heterocycles. The largest absolute Gasteiger partial charge is 0.423 e. The third kappa shape index (κ3) is 4.96. The Morgan fingerprint density at radius 1 is 1.19 bits per heavy atom. The number of aliphatic hydroxyl groups excluding tert-OH is 1. The summed E-state index contributed by atoms with van der Waals surface area (Å²) >= 11 is 0. The summed E-state index contributed by atoms with van der Waals surface area (Å²) in [6, 6.07) is 4.93. The number of rotatable bonds is 6. The Balaban J connectivity index is 1.80. The van der Waals surface area contributed by atoms with E-state index in [4.69, 9.17) is 0 Å². The average molecular weight is 536 g/mol. The van der Waals surface area contributed by atoms with Crippen molar-refractivity contribution in [3.63, 3.8) is 0 Å². The number of carbonyl (C=O) groups is 1. The molecule has 2 aliphatic heterocycles. The number of halogens is 6. The molecular weight excluding hydrogens is 514 g/mol. The molecule has 1 aliphatic carbocycles. The van der Waals surface area contributed by atoms with Crippen LogP contribution in [0.1, 0.15) is 18.4 Å². The molecular formula is C23H22F6N2O4S. The number of nitrogens with zero attached hydrogens (tertiary/aromatic N) is 1. The molecule has 2 aromatic carbocycles. The maximum Gasteiger partial charge on any atom is 0.423 e. The molecule has 196 valence electrons. The Bertz CT molecular complexity index is 1270. The lowest BCUT2D eigenvalue weighted by atomic mass is 9.64. The van der Waals surface area contributed by atoms with Crippen LogP contribution < -0.4 is 4.72 Å². The fourth-order valence-electron chi connectivity index (χ4n) is 5.05. The summed E-state index contributed by atoms with van der Waals surface area (Å²) in [6.45, 7) is 0. The molecule has 3 aliphatic rings. The second kappa shape index (κ2) is 9.03. The lowest BCUT2D eigenvalue weighted by Gasteiger charge is -2.61. The number of amides is 1. The Morgan fingerprint density at radius 3 is 2.36 bits per heavy atom. The Kier molecular flexibility index (Phi) is 6.63. The van der Waals surface area contributed by atoms with Crippen molar-refractivity contribution in [3.05, 3.63) is 59.7 Å². The highest BCUT2D eigenvalue weighted by atomic mass is 32.2. The number of sulfonamides is 1. The fraction of sp³-hybridized carbons (Fsp3) is 0.435. The van der Waals surface area contributed by atoms with Crippen molar-refractivity contribution in [1.82, 2.24) is 9.62 Å². The molecule has 0 spiro atoms. The van der Waals surface area contributed by atoms with Crippen molar-refractivity contribution in [3.8, 4) is 11.1 Å². The van der Waals surface area contributed by atoms with Gasteiger partial charge in [-0.05, 0) is 29.7 Å². The zero-order valence-corrected chi connectivity index (χ0v) is 19.6. The highest BCUT2D eigenvalue weighted by molar-refractivity contribution is 7.88. The van der Waals surface area contributed by atoms with E-state index in [1.54, 1.807) is 18.2 Å². The van der Waals surface area contributed by atoms with Gasteiger partial charge in [-0.15, -0.1) is 0 Å². The second-order valence-electron chi connectivity index (χ2n) is 9.22. The maximum atomic E-state index is 15.6. The van der Waals surface area contributed by atoms with Crippen LogP contribution in [0.4, 0.5) is 26.3 Å². The van der Waals surface area contributed by atoms with Crippen LogP contribution in [0.15, 0.2) is 42.5 Å². The van der Waals surface area contributed by atoms with Crippen LogP contribution in [0, 0.1) is 11.6 Å². The molecule has 2 N–H and O–H groups in total. The number of aliphatic hydroxyl groups is 1. The predicted octanol–water partition coefficient (Wildman–Crippen LogP) is 3.10. The molecule has 1 amide bonds. The predicted molar refractivity (Wildman–Crippen MR) is 117 cm³/mol. The zero-order valence-electron chi connectivity index (χ0n) is 18.8. The van der Waals surface area contributed by atoms with Gasteiger partial charge >= 0.3 is 6.18 Å². The van der Waals surface area contributed by atoms with Crippen LogP contribution in [0.2, 0.25) is 0 Å². The third-order valence-electron chi connectivity index (χ3n) is 6.61. The minimum absolute atomic E-state index is 0.178. The molecule has 6 nitrogen and oxygen atoms in total. The number of hydrogen-bond acceptors (Lipinski definition) is 4. The summed E-state index contributed by atoms with van der Waals surface area (Å²) in [5.41, 5.74) is -2.52. The van der Waals surface area contributed by atoms with Crippen LogP contribution in [-0.2, 0) is 21.2 Å². The van der Waals surface area contributed by atoms with E-state index >= 15 is 8.78 Å². The minimum atomic E-state index is -5.35. The van der Waals surface area contributed by atoms with E-state index in [2.05, 4.69) is 0 Å². The van der Waals surface area contributed by atoms with Crippen LogP contribution >= 0.6 is 0 Å². The van der Waals surface area contributed by atoms with E-state index in [9.17, 15) is 35.9 Å². The molecule has 2 bridgehead atoms. The van der Waals surface area contributed by atoms with Gasteiger partial charge in [-0.25, -0.2) is 26.3 Å². The van der Waals surface area contributed by atoms with Gasteiger partial charge in [-0.1, -0.05) is 30.3 Å². The molecule has 3 atom stereocenters. The highest BCUT2D eigenvalue weighted by Gasteiger charge is 2.65. The molecule has 2 heterocycles. The van der Waals surface area contributed by atoms with E-state index in [1.165, 1.54) is 12.1 Å². The molecule has 13 heteroatoms. The van der Waals surface area contributed by atoms with Crippen molar-refractivity contribution in [2.45, 2.75) is 55.3 Å². The molecule has 0 radical (unpaired) electrons.